The molecule has 4 N–H and O–H groups in total. The van der Waals surface area contributed by atoms with Gasteiger partial charge in [0.1, 0.15) is 6.04 Å². The highest BCUT2D eigenvalue weighted by atomic mass is 16.2. The molecule has 2 heterocycles. The number of anilines is 2. The summed E-state index contributed by atoms with van der Waals surface area (Å²) < 4.78 is 0. The van der Waals surface area contributed by atoms with E-state index < -0.39 is 0 Å². The van der Waals surface area contributed by atoms with Crippen LogP contribution in [0.3, 0.4) is 0 Å². The second-order valence-corrected chi connectivity index (χ2v) is 5.67. The van der Waals surface area contributed by atoms with Gasteiger partial charge in [-0.05, 0) is 36.2 Å². The largest absolute Gasteiger partial charge is 0.326 e. The first-order chi connectivity index (χ1) is 11.6. The first kappa shape index (κ1) is 16.1. The van der Waals surface area contributed by atoms with Crippen LogP contribution in [0.2, 0.25) is 0 Å². The van der Waals surface area contributed by atoms with E-state index in [9.17, 15) is 9.59 Å². The Labute approximate surface area is 139 Å². The quantitative estimate of drug-likeness (QED) is 0.685. The minimum atomic E-state index is -0.348. The van der Waals surface area contributed by atoms with Crippen LogP contribution in [-0.2, 0) is 9.59 Å². The van der Waals surface area contributed by atoms with Crippen molar-refractivity contribution in [2.75, 3.05) is 10.6 Å². The average molecular weight is 325 g/mol. The van der Waals surface area contributed by atoms with Crippen LogP contribution in [0.4, 0.5) is 11.4 Å². The first-order valence-electron chi connectivity index (χ1n) is 7.71. The molecule has 0 saturated carbocycles. The van der Waals surface area contributed by atoms with Crippen LogP contribution in [0.15, 0.2) is 48.8 Å². The molecule has 24 heavy (non-hydrogen) atoms. The number of carbonyl (C=O) groups excluding carboxylic acids is 2. The van der Waals surface area contributed by atoms with Gasteiger partial charge >= 0.3 is 0 Å². The van der Waals surface area contributed by atoms with Gasteiger partial charge in [0.25, 0.3) is 0 Å². The van der Waals surface area contributed by atoms with Crippen molar-refractivity contribution < 1.29 is 9.59 Å². The summed E-state index contributed by atoms with van der Waals surface area (Å²) in [6.07, 6.45) is 4.14. The topological polar surface area (TPSA) is 95.2 Å². The zero-order valence-electron chi connectivity index (χ0n) is 13.2. The highest BCUT2D eigenvalue weighted by molar-refractivity contribution is 5.96. The van der Waals surface area contributed by atoms with Gasteiger partial charge in [-0.1, -0.05) is 12.1 Å². The Morgan fingerprint density at radius 1 is 1.12 bits per heavy atom. The summed E-state index contributed by atoms with van der Waals surface area (Å²) in [5, 5.41) is 5.55. The zero-order chi connectivity index (χ0) is 16.9. The maximum absolute atomic E-state index is 12.4. The molecular weight excluding hydrogens is 306 g/mol. The molecule has 7 heteroatoms. The third kappa shape index (κ3) is 3.95. The molecule has 1 aliphatic rings. The Balaban J connectivity index is 1.61. The highest BCUT2D eigenvalue weighted by Crippen LogP contribution is 2.22. The third-order valence-corrected chi connectivity index (χ3v) is 3.76. The van der Waals surface area contributed by atoms with Crippen LogP contribution >= 0.6 is 0 Å². The molecule has 0 radical (unpaired) electrons. The van der Waals surface area contributed by atoms with Crippen molar-refractivity contribution in [1.29, 1.82) is 0 Å². The van der Waals surface area contributed by atoms with Crippen LogP contribution in [0.1, 0.15) is 24.9 Å². The summed E-state index contributed by atoms with van der Waals surface area (Å²) in [6.45, 7) is 1.44. The number of nitrogens with one attached hydrogen (secondary N) is 4. The Hall–Kier alpha value is -2.77. The fraction of sp³-hybridized carbons (Fsp3) is 0.235. The van der Waals surface area contributed by atoms with Crippen molar-refractivity contribution in [3.63, 3.8) is 0 Å². The lowest BCUT2D eigenvalue weighted by molar-refractivity contribution is -0.118. The first-order valence-corrected chi connectivity index (χ1v) is 7.71. The number of benzene rings is 1. The van der Waals surface area contributed by atoms with Crippen LogP contribution in [0.25, 0.3) is 0 Å². The van der Waals surface area contributed by atoms with Crippen LogP contribution in [0.5, 0.6) is 0 Å². The Morgan fingerprint density at radius 3 is 2.62 bits per heavy atom. The molecule has 0 bridgehead atoms. The molecule has 3 rings (SSSR count). The van der Waals surface area contributed by atoms with Gasteiger partial charge in [0, 0.05) is 36.7 Å². The van der Waals surface area contributed by atoms with E-state index in [0.717, 1.165) is 5.56 Å². The van der Waals surface area contributed by atoms with Gasteiger partial charge < -0.3 is 10.6 Å². The Morgan fingerprint density at radius 2 is 1.92 bits per heavy atom. The van der Waals surface area contributed by atoms with Crippen LogP contribution in [-0.4, -0.2) is 22.8 Å². The number of pyridine rings is 1. The molecule has 2 aromatic rings. The van der Waals surface area contributed by atoms with E-state index in [4.69, 9.17) is 0 Å². The molecule has 1 saturated heterocycles. The zero-order valence-corrected chi connectivity index (χ0v) is 13.2. The molecular formula is C17H19N5O2. The van der Waals surface area contributed by atoms with Crippen molar-refractivity contribution in [2.24, 2.45) is 0 Å². The van der Waals surface area contributed by atoms with Gasteiger partial charge in [-0.3, -0.25) is 14.6 Å². The predicted octanol–water partition coefficient (Wildman–Crippen LogP) is 1.59. The lowest BCUT2D eigenvalue weighted by Crippen LogP contribution is -2.39. The fourth-order valence-corrected chi connectivity index (χ4v) is 2.64. The monoisotopic (exact) mass is 325 g/mol. The molecule has 7 nitrogen and oxygen atoms in total. The normalized spacial score (nSPS) is 19.7. The number of rotatable bonds is 4. The third-order valence-electron chi connectivity index (χ3n) is 3.76. The number of nitrogens with zero attached hydrogens (tertiary/aromatic N) is 1. The Bertz CT molecular complexity index is 735. The summed E-state index contributed by atoms with van der Waals surface area (Å²) in [5.41, 5.74) is 8.45. The minimum absolute atomic E-state index is 0.0418. The van der Waals surface area contributed by atoms with E-state index in [2.05, 4.69) is 26.5 Å². The van der Waals surface area contributed by atoms with Gasteiger partial charge in [0.15, 0.2) is 0 Å². The maximum Gasteiger partial charge on any atom is 0.242 e. The molecule has 2 unspecified atom stereocenters. The number of hydrogen-bond acceptors (Lipinski definition) is 5. The number of aromatic nitrogens is 1. The lowest BCUT2D eigenvalue weighted by Gasteiger charge is -2.12. The summed E-state index contributed by atoms with van der Waals surface area (Å²) >= 11 is 0. The molecule has 1 aromatic carbocycles. The molecule has 1 aliphatic heterocycles. The smallest absolute Gasteiger partial charge is 0.242 e. The van der Waals surface area contributed by atoms with Crippen molar-refractivity contribution in [1.82, 2.24) is 15.8 Å². The van der Waals surface area contributed by atoms with E-state index in [1.807, 2.05) is 12.1 Å². The van der Waals surface area contributed by atoms with Crippen molar-refractivity contribution in [2.45, 2.75) is 25.4 Å². The van der Waals surface area contributed by atoms with Crippen molar-refractivity contribution >= 4 is 23.2 Å². The molecule has 2 amide bonds. The van der Waals surface area contributed by atoms with Gasteiger partial charge in [0.2, 0.25) is 11.8 Å². The second-order valence-electron chi connectivity index (χ2n) is 5.67. The van der Waals surface area contributed by atoms with E-state index >= 15 is 0 Å². The van der Waals surface area contributed by atoms with E-state index in [1.165, 1.54) is 6.92 Å². The number of carbonyl (C=O) groups is 2. The molecule has 124 valence electrons. The van der Waals surface area contributed by atoms with Crippen molar-refractivity contribution in [3.8, 4) is 0 Å². The molecule has 0 spiro atoms. The number of amides is 2. The average Bonchev–Trinajstić information content (AvgIpc) is 3.05. The fourth-order valence-electron chi connectivity index (χ4n) is 2.64. The highest BCUT2D eigenvalue weighted by Gasteiger charge is 2.30. The number of hydrogen-bond donors (Lipinski definition) is 4. The number of hydrazine groups is 1. The van der Waals surface area contributed by atoms with E-state index in [-0.39, 0.29) is 23.9 Å². The lowest BCUT2D eigenvalue weighted by atomic mass is 10.0. The van der Waals surface area contributed by atoms with Gasteiger partial charge in [-0.25, -0.2) is 10.9 Å². The SMILES string of the molecule is CC(=O)Nc1cccc(NC(=O)C2CC(c3cccnc3)NN2)c1. The summed E-state index contributed by atoms with van der Waals surface area (Å²) in [6, 6.07) is 10.6. The molecule has 2 atom stereocenters. The van der Waals surface area contributed by atoms with Gasteiger partial charge in [0.05, 0.1) is 0 Å². The Kier molecular flexibility index (Phi) is 4.83. The van der Waals surface area contributed by atoms with E-state index in [0.29, 0.717) is 17.8 Å². The summed E-state index contributed by atoms with van der Waals surface area (Å²) in [7, 11) is 0. The van der Waals surface area contributed by atoms with Crippen LogP contribution in [0, 0.1) is 0 Å². The predicted molar refractivity (Wildman–Crippen MR) is 91.0 cm³/mol. The minimum Gasteiger partial charge on any atom is -0.326 e. The van der Waals surface area contributed by atoms with Crippen LogP contribution < -0.4 is 21.5 Å². The summed E-state index contributed by atoms with van der Waals surface area (Å²) in [5.74, 6) is -0.284. The summed E-state index contributed by atoms with van der Waals surface area (Å²) in [4.78, 5) is 27.6. The maximum atomic E-state index is 12.4. The van der Waals surface area contributed by atoms with Gasteiger partial charge in [-0.15, -0.1) is 0 Å². The molecule has 0 aliphatic carbocycles. The molecule has 1 aromatic heterocycles. The van der Waals surface area contributed by atoms with Crippen molar-refractivity contribution in [3.05, 3.63) is 54.4 Å². The van der Waals surface area contributed by atoms with E-state index in [1.54, 1.807) is 36.7 Å². The standard InChI is InChI=1S/C17H19N5O2/c1-11(23)19-13-5-2-6-14(8-13)20-17(24)16-9-15(21-22-16)12-4-3-7-18-10-12/h2-8,10,15-16,21-22H,9H2,1H3,(H,19,23)(H,20,24). The molecule has 1 fully saturated rings. The van der Waals surface area contributed by atoms with Gasteiger partial charge in [-0.2, -0.15) is 0 Å². The second kappa shape index (κ2) is 7.20.